The second-order valence-electron chi connectivity index (χ2n) is 7.26. The van der Waals surface area contributed by atoms with Crippen LogP contribution in [0.4, 0.5) is 0 Å². The highest BCUT2D eigenvalue weighted by atomic mass is 32.1. The van der Waals surface area contributed by atoms with Crippen LogP contribution in [0.2, 0.25) is 0 Å². The van der Waals surface area contributed by atoms with Crippen molar-refractivity contribution < 1.29 is 14.6 Å². The van der Waals surface area contributed by atoms with Crippen molar-refractivity contribution in [1.29, 1.82) is 0 Å². The molecule has 30 heavy (non-hydrogen) atoms. The average molecular weight is 419 g/mol. The van der Waals surface area contributed by atoms with Gasteiger partial charge in [0.2, 0.25) is 0 Å². The third-order valence-electron chi connectivity index (χ3n) is 5.40. The number of aliphatic hydroxyl groups excluding tert-OH is 1. The van der Waals surface area contributed by atoms with Gasteiger partial charge in [-0.2, -0.15) is 0 Å². The lowest BCUT2D eigenvalue weighted by Gasteiger charge is -2.20. The van der Waals surface area contributed by atoms with E-state index in [-0.39, 0.29) is 12.5 Å². The zero-order chi connectivity index (χ0) is 20.9. The normalized spacial score (nSPS) is 12.1. The van der Waals surface area contributed by atoms with Gasteiger partial charge in [-0.05, 0) is 71.1 Å². The summed E-state index contributed by atoms with van der Waals surface area (Å²) in [4.78, 5) is 0. The summed E-state index contributed by atoms with van der Waals surface area (Å²) in [5.41, 5.74) is 4.47. The van der Waals surface area contributed by atoms with E-state index in [2.05, 4.69) is 47.8 Å². The average Bonchev–Trinajstić information content (AvgIpc) is 3.21. The third-order valence-corrected chi connectivity index (χ3v) is 6.41. The minimum Gasteiger partial charge on any atom is -0.497 e. The van der Waals surface area contributed by atoms with Crippen molar-refractivity contribution in [3.63, 3.8) is 0 Å². The Bertz CT molecular complexity index is 1130. The molecule has 0 fully saturated rings. The lowest BCUT2D eigenvalue weighted by molar-refractivity contribution is 0.258. The molecule has 0 aliphatic carbocycles. The van der Waals surface area contributed by atoms with E-state index in [1.54, 1.807) is 18.4 Å². The molecule has 3 nitrogen and oxygen atoms in total. The van der Waals surface area contributed by atoms with Gasteiger partial charge in [-0.25, -0.2) is 0 Å². The lowest BCUT2D eigenvalue weighted by Crippen LogP contribution is -2.10. The highest BCUT2D eigenvalue weighted by molar-refractivity contribution is 7.17. The van der Waals surface area contributed by atoms with Gasteiger partial charge in [0.25, 0.3) is 0 Å². The minimum atomic E-state index is -0.0462. The Balaban J connectivity index is 1.73. The number of aliphatic hydroxyl groups is 1. The van der Waals surface area contributed by atoms with E-state index in [0.717, 1.165) is 34.6 Å². The maximum absolute atomic E-state index is 10.3. The number of methoxy groups -OCH3 is 1. The first kappa shape index (κ1) is 20.5. The highest BCUT2D eigenvalue weighted by Crippen LogP contribution is 2.36. The van der Waals surface area contributed by atoms with Crippen LogP contribution in [0.25, 0.3) is 21.2 Å². The molecule has 1 heterocycles. The maximum atomic E-state index is 10.3. The minimum absolute atomic E-state index is 0.0462. The predicted molar refractivity (Wildman–Crippen MR) is 125 cm³/mol. The summed E-state index contributed by atoms with van der Waals surface area (Å²) in [6, 6.07) is 22.7. The topological polar surface area (TPSA) is 38.7 Å². The number of hydrogen-bond donors (Lipinski definition) is 1. The van der Waals surface area contributed by atoms with Crippen molar-refractivity contribution in [2.75, 3.05) is 20.3 Å². The summed E-state index contributed by atoms with van der Waals surface area (Å²) in [5, 5.41) is 13.8. The fraction of sp³-hybridized carbons (Fsp3) is 0.231. The van der Waals surface area contributed by atoms with Crippen LogP contribution < -0.4 is 9.47 Å². The van der Waals surface area contributed by atoms with Gasteiger partial charge in [-0.15, -0.1) is 11.3 Å². The molecule has 1 N–H and O–H groups in total. The van der Waals surface area contributed by atoms with Crippen LogP contribution in [0.1, 0.15) is 24.0 Å². The van der Waals surface area contributed by atoms with E-state index in [1.165, 1.54) is 15.6 Å². The summed E-state index contributed by atoms with van der Waals surface area (Å²) >= 11 is 1.75. The van der Waals surface area contributed by atoms with E-state index >= 15 is 0 Å². The van der Waals surface area contributed by atoms with Gasteiger partial charge in [-0.3, -0.25) is 0 Å². The molecule has 0 spiro atoms. The standard InChI is InChI=1S/C26H26O3S/c1-3-29-25-12-11-19(18-7-6-8-22(14-18)28-2)15-24(25)20(16-27)13-21-17-30-26-10-5-4-9-23(21)26/h4-12,14-15,17,20,27H,3,13,16H2,1-2H3. The monoisotopic (exact) mass is 418 g/mol. The van der Waals surface area contributed by atoms with Crippen molar-refractivity contribution in [3.05, 3.63) is 83.2 Å². The van der Waals surface area contributed by atoms with Crippen LogP contribution in [0.3, 0.4) is 0 Å². The third kappa shape index (κ3) is 4.20. The van der Waals surface area contributed by atoms with Gasteiger partial charge < -0.3 is 14.6 Å². The number of thiophene rings is 1. The first-order valence-electron chi connectivity index (χ1n) is 10.2. The van der Waals surface area contributed by atoms with Crippen LogP contribution in [0, 0.1) is 0 Å². The summed E-state index contributed by atoms with van der Waals surface area (Å²) in [6.07, 6.45) is 0.766. The number of ether oxygens (including phenoxy) is 2. The molecular formula is C26H26O3S. The molecule has 0 aliphatic heterocycles. The molecule has 4 rings (SSSR count). The summed E-state index contributed by atoms with van der Waals surface area (Å²) < 4.78 is 12.6. The molecule has 4 heteroatoms. The molecule has 0 amide bonds. The molecular weight excluding hydrogens is 392 g/mol. The lowest BCUT2D eigenvalue weighted by atomic mass is 9.89. The highest BCUT2D eigenvalue weighted by Gasteiger charge is 2.19. The van der Waals surface area contributed by atoms with Crippen LogP contribution in [-0.2, 0) is 6.42 Å². The Morgan fingerprint density at radius 2 is 1.80 bits per heavy atom. The van der Waals surface area contributed by atoms with Gasteiger partial charge >= 0.3 is 0 Å². The number of rotatable bonds is 8. The molecule has 154 valence electrons. The maximum Gasteiger partial charge on any atom is 0.122 e. The van der Waals surface area contributed by atoms with Crippen LogP contribution in [0.5, 0.6) is 11.5 Å². The van der Waals surface area contributed by atoms with E-state index in [9.17, 15) is 5.11 Å². The predicted octanol–water partition coefficient (Wildman–Crippen LogP) is 6.29. The van der Waals surface area contributed by atoms with Gasteiger partial charge in [-0.1, -0.05) is 36.4 Å². The van der Waals surface area contributed by atoms with Crippen molar-refractivity contribution >= 4 is 21.4 Å². The second-order valence-corrected chi connectivity index (χ2v) is 8.17. The van der Waals surface area contributed by atoms with Crippen molar-refractivity contribution in [3.8, 4) is 22.6 Å². The number of hydrogen-bond acceptors (Lipinski definition) is 4. The Morgan fingerprint density at radius 3 is 2.60 bits per heavy atom. The Hall–Kier alpha value is -2.82. The van der Waals surface area contributed by atoms with Gasteiger partial charge in [0.15, 0.2) is 0 Å². The molecule has 0 aliphatic rings. The Morgan fingerprint density at radius 1 is 0.967 bits per heavy atom. The van der Waals surface area contributed by atoms with E-state index in [1.807, 2.05) is 31.2 Å². The van der Waals surface area contributed by atoms with E-state index < -0.39 is 0 Å². The second kappa shape index (κ2) is 9.33. The molecule has 1 atom stereocenters. The molecule has 0 radical (unpaired) electrons. The van der Waals surface area contributed by atoms with Crippen LogP contribution in [0.15, 0.2) is 72.1 Å². The SMILES string of the molecule is CCOc1ccc(-c2cccc(OC)c2)cc1C(CO)Cc1csc2ccccc12. The Labute approximate surface area is 181 Å². The van der Waals surface area contributed by atoms with Gasteiger partial charge in [0.1, 0.15) is 11.5 Å². The smallest absolute Gasteiger partial charge is 0.122 e. The van der Waals surface area contributed by atoms with Crippen molar-refractivity contribution in [2.45, 2.75) is 19.3 Å². The van der Waals surface area contributed by atoms with E-state index in [4.69, 9.17) is 9.47 Å². The zero-order valence-electron chi connectivity index (χ0n) is 17.3. The van der Waals surface area contributed by atoms with E-state index in [0.29, 0.717) is 6.61 Å². The van der Waals surface area contributed by atoms with Crippen LogP contribution in [-0.4, -0.2) is 25.4 Å². The van der Waals surface area contributed by atoms with Gasteiger partial charge in [0, 0.05) is 16.2 Å². The number of benzene rings is 3. The first-order valence-corrected chi connectivity index (χ1v) is 11.1. The number of fused-ring (bicyclic) bond motifs is 1. The molecule has 1 unspecified atom stereocenters. The van der Waals surface area contributed by atoms with Crippen LogP contribution >= 0.6 is 11.3 Å². The molecule has 4 aromatic rings. The summed E-state index contributed by atoms with van der Waals surface area (Å²) in [7, 11) is 1.68. The molecule has 0 saturated carbocycles. The molecule has 0 saturated heterocycles. The largest absolute Gasteiger partial charge is 0.497 e. The fourth-order valence-corrected chi connectivity index (χ4v) is 4.84. The summed E-state index contributed by atoms with van der Waals surface area (Å²) in [5.74, 6) is 1.62. The molecule has 0 bridgehead atoms. The summed E-state index contributed by atoms with van der Waals surface area (Å²) in [6.45, 7) is 2.64. The van der Waals surface area contributed by atoms with Crippen molar-refractivity contribution in [2.24, 2.45) is 0 Å². The molecule has 1 aromatic heterocycles. The zero-order valence-corrected chi connectivity index (χ0v) is 18.1. The van der Waals surface area contributed by atoms with Crippen molar-refractivity contribution in [1.82, 2.24) is 0 Å². The van der Waals surface area contributed by atoms with Gasteiger partial charge in [0.05, 0.1) is 20.3 Å². The molecule has 3 aromatic carbocycles. The quantitative estimate of drug-likeness (QED) is 0.365. The first-order chi connectivity index (χ1) is 14.7. The fourth-order valence-electron chi connectivity index (χ4n) is 3.87. The Kier molecular flexibility index (Phi) is 6.36.